The number of aromatic nitrogens is 1. The second-order valence-electron chi connectivity index (χ2n) is 7.18. The van der Waals surface area contributed by atoms with Crippen LogP contribution in [-0.2, 0) is 4.79 Å². The minimum absolute atomic E-state index is 0.0295. The van der Waals surface area contributed by atoms with Gasteiger partial charge in [0.2, 0.25) is 5.91 Å². The zero-order valence-corrected chi connectivity index (χ0v) is 17.0. The maximum atomic E-state index is 12.5. The van der Waals surface area contributed by atoms with Crippen LogP contribution in [0.25, 0.3) is 11.3 Å². The highest BCUT2D eigenvalue weighted by Gasteiger charge is 2.32. The molecule has 0 aliphatic carbocycles. The van der Waals surface area contributed by atoms with Gasteiger partial charge in [-0.05, 0) is 31.4 Å². The van der Waals surface area contributed by atoms with E-state index in [0.29, 0.717) is 25.6 Å². The zero-order chi connectivity index (χ0) is 19.5. The predicted octanol–water partition coefficient (Wildman–Crippen LogP) is 3.07. The van der Waals surface area contributed by atoms with Crippen LogP contribution in [0.3, 0.4) is 0 Å². The minimum Gasteiger partial charge on any atom is -0.459 e. The van der Waals surface area contributed by atoms with Crippen LogP contribution in [0.2, 0.25) is 0 Å². The van der Waals surface area contributed by atoms with Gasteiger partial charge in [0.25, 0.3) is 0 Å². The molecule has 3 heterocycles. The third-order valence-corrected chi connectivity index (χ3v) is 5.75. The van der Waals surface area contributed by atoms with Crippen LogP contribution in [0.1, 0.15) is 19.3 Å². The monoisotopic (exact) mass is 444 g/mol. The van der Waals surface area contributed by atoms with Crippen LogP contribution in [-0.4, -0.2) is 59.2 Å². The highest BCUT2D eigenvalue weighted by atomic mass is 79.9. The minimum atomic E-state index is -0.270. The highest BCUT2D eigenvalue weighted by molar-refractivity contribution is 9.10. The number of halogens is 1. The van der Waals surface area contributed by atoms with Gasteiger partial charge in [0.05, 0.1) is 18.7 Å². The fraction of sp³-hybridized carbons (Fsp3) is 0.450. The summed E-state index contributed by atoms with van der Waals surface area (Å²) in [4.78, 5) is 16.3. The highest BCUT2D eigenvalue weighted by Crippen LogP contribution is 2.26. The molecule has 1 aromatic heterocycles. The predicted molar refractivity (Wildman–Crippen MR) is 105 cm³/mol. The average molecular weight is 445 g/mol. The van der Waals surface area contributed by atoms with Gasteiger partial charge in [0, 0.05) is 29.7 Å². The molecule has 0 bridgehead atoms. The molecule has 2 aliphatic heterocycles. The summed E-state index contributed by atoms with van der Waals surface area (Å²) in [6, 6.07) is 11.6. The van der Waals surface area contributed by atoms with Gasteiger partial charge in [-0.2, -0.15) is 5.26 Å². The number of likely N-dealkylation sites (tertiary alicyclic amines) is 2. The first-order valence-electron chi connectivity index (χ1n) is 9.43. The summed E-state index contributed by atoms with van der Waals surface area (Å²) in [5, 5.41) is 13.2. The van der Waals surface area contributed by atoms with Crippen molar-refractivity contribution in [3.8, 4) is 23.3 Å². The van der Waals surface area contributed by atoms with E-state index in [-0.39, 0.29) is 18.1 Å². The summed E-state index contributed by atoms with van der Waals surface area (Å²) in [6.45, 7) is 2.46. The van der Waals surface area contributed by atoms with Gasteiger partial charge in [-0.1, -0.05) is 33.2 Å². The van der Waals surface area contributed by atoms with E-state index >= 15 is 0 Å². The van der Waals surface area contributed by atoms with Crippen molar-refractivity contribution in [1.82, 2.24) is 15.0 Å². The van der Waals surface area contributed by atoms with Crippen molar-refractivity contribution in [3.05, 3.63) is 34.8 Å². The molecule has 2 fully saturated rings. The lowest BCUT2D eigenvalue weighted by Gasteiger charge is -2.23. The van der Waals surface area contributed by atoms with E-state index in [1.807, 2.05) is 24.3 Å². The number of benzene rings is 1. The van der Waals surface area contributed by atoms with Gasteiger partial charge in [0.15, 0.2) is 0 Å². The number of nitriles is 1. The van der Waals surface area contributed by atoms with Crippen LogP contribution >= 0.6 is 15.9 Å². The van der Waals surface area contributed by atoms with E-state index in [0.717, 1.165) is 41.5 Å². The normalized spacial score (nSPS) is 22.4. The maximum absolute atomic E-state index is 12.5. The van der Waals surface area contributed by atoms with E-state index in [9.17, 15) is 4.79 Å². The largest absolute Gasteiger partial charge is 0.459 e. The van der Waals surface area contributed by atoms with Crippen molar-refractivity contribution in [1.29, 1.82) is 5.26 Å². The molecule has 2 aromatic rings. The third-order valence-electron chi connectivity index (χ3n) is 5.22. The second kappa shape index (κ2) is 8.33. The third kappa shape index (κ3) is 4.21. The smallest absolute Gasteiger partial charge is 0.312 e. The molecule has 7 nitrogen and oxygen atoms in total. The first-order chi connectivity index (χ1) is 13.6. The molecular formula is C20H21BrN4O3. The summed E-state index contributed by atoms with van der Waals surface area (Å²) in [5.74, 6) is 0.419. The quantitative estimate of drug-likeness (QED) is 0.704. The molecule has 0 saturated carbocycles. The lowest BCUT2D eigenvalue weighted by atomic mass is 10.2. The SMILES string of the molecule is N#C[C@@H]1CCCN1C(=O)CN1CC[C@H](Oc2cc(-c3ccc(Br)cc3)no2)C1. The summed E-state index contributed by atoms with van der Waals surface area (Å²) in [5.41, 5.74) is 1.68. The van der Waals surface area contributed by atoms with E-state index in [2.05, 4.69) is 32.1 Å². The molecule has 4 rings (SSSR count). The Morgan fingerprint density at radius 3 is 2.93 bits per heavy atom. The molecule has 0 spiro atoms. The number of rotatable bonds is 5. The second-order valence-corrected chi connectivity index (χ2v) is 8.09. The Morgan fingerprint density at radius 2 is 2.14 bits per heavy atom. The Labute approximate surface area is 172 Å². The molecule has 2 saturated heterocycles. The fourth-order valence-electron chi connectivity index (χ4n) is 3.75. The Kier molecular flexibility index (Phi) is 5.64. The Hall–Kier alpha value is -2.37. The van der Waals surface area contributed by atoms with Crippen LogP contribution < -0.4 is 4.74 Å². The molecule has 28 heavy (non-hydrogen) atoms. The average Bonchev–Trinajstić information content (AvgIpc) is 3.43. The summed E-state index contributed by atoms with van der Waals surface area (Å²) in [7, 11) is 0. The fourth-order valence-corrected chi connectivity index (χ4v) is 4.02. The first-order valence-corrected chi connectivity index (χ1v) is 10.2. The van der Waals surface area contributed by atoms with Gasteiger partial charge >= 0.3 is 5.95 Å². The van der Waals surface area contributed by atoms with Gasteiger partial charge in [-0.3, -0.25) is 9.69 Å². The van der Waals surface area contributed by atoms with Gasteiger partial charge in [-0.25, -0.2) is 0 Å². The van der Waals surface area contributed by atoms with Gasteiger partial charge in [0.1, 0.15) is 17.8 Å². The van der Waals surface area contributed by atoms with Crippen molar-refractivity contribution in [3.63, 3.8) is 0 Å². The molecule has 2 atom stereocenters. The molecule has 0 radical (unpaired) electrons. The van der Waals surface area contributed by atoms with Gasteiger partial charge in [-0.15, -0.1) is 0 Å². The number of carbonyl (C=O) groups excluding carboxylic acids is 1. The van der Waals surface area contributed by atoms with Crippen molar-refractivity contribution in [2.24, 2.45) is 0 Å². The van der Waals surface area contributed by atoms with Crippen LogP contribution in [0.5, 0.6) is 5.95 Å². The number of nitrogens with zero attached hydrogens (tertiary/aromatic N) is 4. The van der Waals surface area contributed by atoms with E-state index < -0.39 is 0 Å². The Morgan fingerprint density at radius 1 is 1.32 bits per heavy atom. The molecule has 1 amide bonds. The molecule has 2 aliphatic rings. The Bertz CT molecular complexity index is 876. The standard InChI is InChI=1S/C20H21BrN4O3/c21-15-5-3-14(4-6-15)18-10-20(28-23-18)27-17-7-9-24(12-17)13-19(26)25-8-1-2-16(25)11-22/h3-6,10,16-17H,1-2,7-9,12-13H2/t16-,17-/m0/s1. The molecule has 8 heteroatoms. The van der Waals surface area contributed by atoms with E-state index in [1.165, 1.54) is 0 Å². The number of ether oxygens (including phenoxy) is 1. The number of hydrogen-bond donors (Lipinski definition) is 0. The molecule has 146 valence electrons. The van der Waals surface area contributed by atoms with Gasteiger partial charge < -0.3 is 14.2 Å². The van der Waals surface area contributed by atoms with Crippen LogP contribution in [0.15, 0.2) is 39.3 Å². The number of amides is 1. The van der Waals surface area contributed by atoms with E-state index in [4.69, 9.17) is 14.5 Å². The number of hydrogen-bond acceptors (Lipinski definition) is 6. The van der Waals surface area contributed by atoms with Crippen molar-refractivity contribution in [2.45, 2.75) is 31.4 Å². The molecular weight excluding hydrogens is 424 g/mol. The maximum Gasteiger partial charge on any atom is 0.312 e. The lowest BCUT2D eigenvalue weighted by molar-refractivity contribution is -0.132. The van der Waals surface area contributed by atoms with E-state index in [1.54, 1.807) is 11.0 Å². The van der Waals surface area contributed by atoms with Crippen molar-refractivity contribution < 1.29 is 14.1 Å². The molecule has 0 unspecified atom stereocenters. The van der Waals surface area contributed by atoms with Crippen molar-refractivity contribution in [2.75, 3.05) is 26.2 Å². The van der Waals surface area contributed by atoms with Crippen LogP contribution in [0, 0.1) is 11.3 Å². The zero-order valence-electron chi connectivity index (χ0n) is 15.4. The summed E-state index contributed by atoms with van der Waals surface area (Å²) >= 11 is 3.42. The topological polar surface area (TPSA) is 82.6 Å². The lowest BCUT2D eigenvalue weighted by Crippen LogP contribution is -2.42. The first kappa shape index (κ1) is 19.0. The molecule has 1 aromatic carbocycles. The Balaban J connectivity index is 1.30. The summed E-state index contributed by atoms with van der Waals surface area (Å²) < 4.78 is 12.3. The molecule has 0 N–H and O–H groups in total. The van der Waals surface area contributed by atoms with Crippen molar-refractivity contribution >= 4 is 21.8 Å². The van der Waals surface area contributed by atoms with Crippen LogP contribution in [0.4, 0.5) is 0 Å². The number of carbonyl (C=O) groups is 1. The summed E-state index contributed by atoms with van der Waals surface area (Å²) in [6.07, 6.45) is 2.47.